The number of likely N-dealkylation sites (tertiary alicyclic amines) is 1. The molecule has 1 N–H and O–H groups in total. The number of hydrogen-bond donors (Lipinski definition) is 1. The second-order valence-corrected chi connectivity index (χ2v) is 5.86. The van der Waals surface area contributed by atoms with Crippen LogP contribution in [0.5, 0.6) is 0 Å². The lowest BCUT2D eigenvalue weighted by Crippen LogP contribution is -2.28. The highest BCUT2D eigenvalue weighted by Gasteiger charge is 2.28. The first-order chi connectivity index (χ1) is 10.7. The van der Waals surface area contributed by atoms with E-state index in [9.17, 15) is 4.79 Å². The van der Waals surface area contributed by atoms with Gasteiger partial charge >= 0.3 is 0 Å². The van der Waals surface area contributed by atoms with Gasteiger partial charge in [0, 0.05) is 41.8 Å². The summed E-state index contributed by atoms with van der Waals surface area (Å²) >= 11 is 0. The molecule has 0 spiro atoms. The van der Waals surface area contributed by atoms with Crippen LogP contribution in [-0.2, 0) is 0 Å². The summed E-state index contributed by atoms with van der Waals surface area (Å²) in [6.45, 7) is 3.44. The maximum absolute atomic E-state index is 12.7. The van der Waals surface area contributed by atoms with Crippen molar-refractivity contribution >= 4 is 16.9 Å². The number of aromatic amines is 1. The number of H-pyrrole nitrogens is 1. The molecule has 1 fully saturated rings. The average Bonchev–Trinajstić information content (AvgIpc) is 3.24. The summed E-state index contributed by atoms with van der Waals surface area (Å²) in [5.74, 6) is 1.30. The third-order valence-electron chi connectivity index (χ3n) is 4.32. The number of rotatable bonds is 2. The van der Waals surface area contributed by atoms with Gasteiger partial charge in [-0.25, -0.2) is 0 Å². The molecule has 112 valence electrons. The molecular formula is C17H17N3O2. The molecule has 0 saturated carbocycles. The number of furan rings is 1. The van der Waals surface area contributed by atoms with E-state index in [4.69, 9.17) is 4.42 Å². The monoisotopic (exact) mass is 295 g/mol. The van der Waals surface area contributed by atoms with Gasteiger partial charge in [0.1, 0.15) is 11.3 Å². The standard InChI is InChI=1S/C17H17N3O2/c1-11-8-14-9-12(2-3-16(14)22-11)17(21)20-7-5-13(10-20)15-4-6-18-19-15/h2-4,6,8-9,13H,5,7,10H2,1H3,(H,18,19)/t13-/m0/s1. The van der Waals surface area contributed by atoms with Crippen LogP contribution in [0.25, 0.3) is 11.0 Å². The number of benzene rings is 1. The molecule has 0 aliphatic carbocycles. The van der Waals surface area contributed by atoms with Crippen molar-refractivity contribution in [2.24, 2.45) is 0 Å². The summed E-state index contributed by atoms with van der Waals surface area (Å²) in [7, 11) is 0. The van der Waals surface area contributed by atoms with E-state index < -0.39 is 0 Å². The number of hydrogen-bond acceptors (Lipinski definition) is 3. The molecule has 5 nitrogen and oxygen atoms in total. The van der Waals surface area contributed by atoms with Crippen LogP contribution in [0.15, 0.2) is 40.9 Å². The molecule has 3 heterocycles. The molecule has 0 bridgehead atoms. The van der Waals surface area contributed by atoms with E-state index in [0.29, 0.717) is 5.92 Å². The number of carbonyl (C=O) groups excluding carboxylic acids is 1. The fraction of sp³-hybridized carbons (Fsp3) is 0.294. The summed E-state index contributed by atoms with van der Waals surface area (Å²) in [5.41, 5.74) is 2.65. The topological polar surface area (TPSA) is 62.1 Å². The Balaban J connectivity index is 1.55. The van der Waals surface area contributed by atoms with Crippen molar-refractivity contribution < 1.29 is 9.21 Å². The highest BCUT2D eigenvalue weighted by Crippen LogP contribution is 2.27. The highest BCUT2D eigenvalue weighted by molar-refractivity contribution is 5.98. The number of fused-ring (bicyclic) bond motifs is 1. The van der Waals surface area contributed by atoms with Crippen molar-refractivity contribution in [2.75, 3.05) is 13.1 Å². The molecule has 1 amide bonds. The van der Waals surface area contributed by atoms with Gasteiger partial charge in [-0.05, 0) is 43.7 Å². The van der Waals surface area contributed by atoms with Crippen molar-refractivity contribution in [1.82, 2.24) is 15.1 Å². The van der Waals surface area contributed by atoms with Gasteiger partial charge in [-0.1, -0.05) is 0 Å². The largest absolute Gasteiger partial charge is 0.461 e. The Morgan fingerprint density at radius 1 is 1.36 bits per heavy atom. The third kappa shape index (κ3) is 2.19. The molecule has 0 unspecified atom stereocenters. The molecule has 1 atom stereocenters. The van der Waals surface area contributed by atoms with Gasteiger partial charge in [0.25, 0.3) is 5.91 Å². The fourth-order valence-electron chi connectivity index (χ4n) is 3.18. The molecule has 2 aromatic heterocycles. The van der Waals surface area contributed by atoms with E-state index in [0.717, 1.165) is 47.5 Å². The van der Waals surface area contributed by atoms with Gasteiger partial charge in [-0.15, -0.1) is 0 Å². The molecule has 1 aliphatic heterocycles. The zero-order chi connectivity index (χ0) is 15.1. The minimum atomic E-state index is 0.0859. The summed E-state index contributed by atoms with van der Waals surface area (Å²) in [5, 5.41) is 7.98. The average molecular weight is 295 g/mol. The van der Waals surface area contributed by atoms with Gasteiger partial charge in [0.05, 0.1) is 0 Å². The van der Waals surface area contributed by atoms with E-state index in [1.807, 2.05) is 42.2 Å². The number of carbonyl (C=O) groups is 1. The molecule has 1 aliphatic rings. The predicted molar refractivity (Wildman–Crippen MR) is 82.8 cm³/mol. The Labute approximate surface area is 127 Å². The number of nitrogens with one attached hydrogen (secondary N) is 1. The van der Waals surface area contributed by atoms with Gasteiger partial charge in [0.2, 0.25) is 0 Å². The summed E-state index contributed by atoms with van der Waals surface area (Å²) in [4.78, 5) is 14.6. The Hall–Kier alpha value is -2.56. The maximum Gasteiger partial charge on any atom is 0.253 e. The SMILES string of the molecule is Cc1cc2cc(C(=O)N3CC[C@H](c4ccn[nH]4)C3)ccc2o1. The minimum Gasteiger partial charge on any atom is -0.461 e. The van der Waals surface area contributed by atoms with Crippen LogP contribution in [-0.4, -0.2) is 34.1 Å². The smallest absolute Gasteiger partial charge is 0.253 e. The van der Waals surface area contributed by atoms with Crippen LogP contribution in [0.4, 0.5) is 0 Å². The summed E-state index contributed by atoms with van der Waals surface area (Å²) in [6, 6.07) is 9.58. The van der Waals surface area contributed by atoms with Crippen LogP contribution < -0.4 is 0 Å². The molecule has 22 heavy (non-hydrogen) atoms. The quantitative estimate of drug-likeness (QED) is 0.790. The molecule has 5 heteroatoms. The minimum absolute atomic E-state index is 0.0859. The molecule has 0 radical (unpaired) electrons. The lowest BCUT2D eigenvalue weighted by atomic mass is 10.1. The van der Waals surface area contributed by atoms with E-state index in [-0.39, 0.29) is 5.91 Å². The van der Waals surface area contributed by atoms with E-state index in [1.165, 1.54) is 0 Å². The van der Waals surface area contributed by atoms with E-state index >= 15 is 0 Å². The molecule has 1 aromatic carbocycles. The zero-order valence-corrected chi connectivity index (χ0v) is 12.4. The second kappa shape index (κ2) is 5.02. The van der Waals surface area contributed by atoms with E-state index in [2.05, 4.69) is 10.2 Å². The van der Waals surface area contributed by atoms with Crippen molar-refractivity contribution in [1.29, 1.82) is 0 Å². The van der Waals surface area contributed by atoms with E-state index in [1.54, 1.807) is 6.20 Å². The fourth-order valence-corrected chi connectivity index (χ4v) is 3.18. The Morgan fingerprint density at radius 2 is 2.27 bits per heavy atom. The predicted octanol–water partition coefficient (Wildman–Crippen LogP) is 3.09. The first-order valence-electron chi connectivity index (χ1n) is 7.49. The van der Waals surface area contributed by atoms with Crippen molar-refractivity contribution in [3.05, 3.63) is 53.5 Å². The maximum atomic E-state index is 12.7. The van der Waals surface area contributed by atoms with Crippen molar-refractivity contribution in [3.63, 3.8) is 0 Å². The number of aryl methyl sites for hydroxylation is 1. The lowest BCUT2D eigenvalue weighted by Gasteiger charge is -2.16. The lowest BCUT2D eigenvalue weighted by molar-refractivity contribution is 0.0791. The Kier molecular flexibility index (Phi) is 2.99. The Bertz CT molecular complexity index is 820. The first kappa shape index (κ1) is 13.1. The van der Waals surface area contributed by atoms with Crippen molar-refractivity contribution in [2.45, 2.75) is 19.3 Å². The highest BCUT2D eigenvalue weighted by atomic mass is 16.3. The molecule has 1 saturated heterocycles. The van der Waals surface area contributed by atoms with Crippen LogP contribution in [0, 0.1) is 6.92 Å². The molecule has 4 rings (SSSR count). The number of nitrogens with zero attached hydrogens (tertiary/aromatic N) is 2. The van der Waals surface area contributed by atoms with Gasteiger partial charge < -0.3 is 9.32 Å². The van der Waals surface area contributed by atoms with Crippen molar-refractivity contribution in [3.8, 4) is 0 Å². The zero-order valence-electron chi connectivity index (χ0n) is 12.4. The summed E-state index contributed by atoms with van der Waals surface area (Å²) in [6.07, 6.45) is 2.73. The third-order valence-corrected chi connectivity index (χ3v) is 4.32. The first-order valence-corrected chi connectivity index (χ1v) is 7.49. The van der Waals surface area contributed by atoms with Gasteiger partial charge in [-0.2, -0.15) is 5.10 Å². The summed E-state index contributed by atoms with van der Waals surface area (Å²) < 4.78 is 5.56. The number of aromatic nitrogens is 2. The molecular weight excluding hydrogens is 278 g/mol. The van der Waals surface area contributed by atoms with Gasteiger partial charge in [-0.3, -0.25) is 9.89 Å². The van der Waals surface area contributed by atoms with Crippen LogP contribution in [0.2, 0.25) is 0 Å². The van der Waals surface area contributed by atoms with Crippen LogP contribution in [0.3, 0.4) is 0 Å². The number of amides is 1. The van der Waals surface area contributed by atoms with Crippen LogP contribution >= 0.6 is 0 Å². The van der Waals surface area contributed by atoms with Crippen LogP contribution in [0.1, 0.15) is 34.2 Å². The molecule has 3 aromatic rings. The van der Waals surface area contributed by atoms with Gasteiger partial charge in [0.15, 0.2) is 0 Å². The normalized spacial score (nSPS) is 18.2. The Morgan fingerprint density at radius 3 is 3.09 bits per heavy atom. The second-order valence-electron chi connectivity index (χ2n) is 5.86.